The van der Waals surface area contributed by atoms with Gasteiger partial charge in [0.25, 0.3) is 5.91 Å². The fraction of sp³-hybridized carbons (Fsp3) is 0.400. The number of carboxylic acids is 1. The molecule has 2 aromatic heterocycles. The Morgan fingerprint density at radius 2 is 2.10 bits per heavy atom. The minimum atomic E-state index is -1.02. The van der Waals surface area contributed by atoms with E-state index in [0.717, 1.165) is 0 Å². The molecule has 0 saturated carbocycles. The lowest BCUT2D eigenvalue weighted by atomic mass is 10.0. The first-order valence-electron chi connectivity index (χ1n) is 6.87. The molecule has 112 valence electrons. The van der Waals surface area contributed by atoms with Crippen LogP contribution in [0.25, 0.3) is 5.65 Å². The molecule has 1 atom stereocenters. The Morgan fingerprint density at radius 3 is 2.71 bits per heavy atom. The summed E-state index contributed by atoms with van der Waals surface area (Å²) in [5.74, 6) is -1.27. The van der Waals surface area contributed by atoms with Crippen LogP contribution in [0.1, 0.15) is 36.5 Å². The highest BCUT2D eigenvalue weighted by molar-refractivity contribution is 5.96. The molecule has 0 bridgehead atoms. The number of hydrogen-bond donors (Lipinski definition) is 2. The van der Waals surface area contributed by atoms with Gasteiger partial charge in [0.05, 0.1) is 5.69 Å². The summed E-state index contributed by atoms with van der Waals surface area (Å²) in [5.41, 5.74) is 1.61. The first-order valence-corrected chi connectivity index (χ1v) is 6.87. The molecule has 6 nitrogen and oxygen atoms in total. The van der Waals surface area contributed by atoms with Crippen LogP contribution in [0, 0.1) is 12.8 Å². The number of carbonyl (C=O) groups is 2. The lowest BCUT2D eigenvalue weighted by Gasteiger charge is -2.16. The van der Waals surface area contributed by atoms with Crippen LogP contribution in [0.5, 0.6) is 0 Å². The van der Waals surface area contributed by atoms with E-state index in [1.165, 1.54) is 0 Å². The molecule has 0 spiro atoms. The zero-order valence-electron chi connectivity index (χ0n) is 12.3. The normalized spacial score (nSPS) is 12.6. The molecule has 1 amide bonds. The number of aryl methyl sites for hydroxylation is 1. The van der Waals surface area contributed by atoms with E-state index in [-0.39, 0.29) is 5.92 Å². The number of nitrogens with one attached hydrogen (secondary N) is 1. The third-order valence-electron chi connectivity index (χ3n) is 3.23. The molecule has 0 aliphatic heterocycles. The summed E-state index contributed by atoms with van der Waals surface area (Å²) in [7, 11) is 0. The lowest BCUT2D eigenvalue weighted by molar-refractivity contribution is -0.139. The molecule has 2 aromatic rings. The maximum atomic E-state index is 12.4. The van der Waals surface area contributed by atoms with Crippen molar-refractivity contribution in [1.29, 1.82) is 0 Å². The van der Waals surface area contributed by atoms with Gasteiger partial charge in [0, 0.05) is 6.20 Å². The van der Waals surface area contributed by atoms with E-state index in [9.17, 15) is 14.7 Å². The summed E-state index contributed by atoms with van der Waals surface area (Å²) < 4.78 is 1.67. The molecule has 0 saturated heterocycles. The minimum absolute atomic E-state index is 0.176. The number of imidazole rings is 1. The van der Waals surface area contributed by atoms with E-state index < -0.39 is 17.9 Å². The van der Waals surface area contributed by atoms with Gasteiger partial charge in [-0.25, -0.2) is 9.78 Å². The second-order valence-electron chi connectivity index (χ2n) is 5.47. The smallest absolute Gasteiger partial charge is 0.326 e. The number of amides is 1. The highest BCUT2D eigenvalue weighted by Gasteiger charge is 2.24. The molecule has 0 aliphatic carbocycles. The third kappa shape index (κ3) is 3.21. The van der Waals surface area contributed by atoms with E-state index in [4.69, 9.17) is 0 Å². The van der Waals surface area contributed by atoms with Gasteiger partial charge in [0.1, 0.15) is 17.4 Å². The predicted octanol–water partition coefficient (Wildman–Crippen LogP) is 1.87. The van der Waals surface area contributed by atoms with Crippen molar-refractivity contribution in [1.82, 2.24) is 14.7 Å². The Balaban J connectivity index is 2.29. The summed E-state index contributed by atoms with van der Waals surface area (Å²) in [4.78, 5) is 28.0. The predicted molar refractivity (Wildman–Crippen MR) is 78.3 cm³/mol. The van der Waals surface area contributed by atoms with Crippen LogP contribution in [0.3, 0.4) is 0 Å². The zero-order chi connectivity index (χ0) is 15.6. The van der Waals surface area contributed by atoms with E-state index in [1.807, 2.05) is 19.9 Å². The SMILES string of the molecule is Cc1nc2ccccn2c1C(=O)NC(CC(C)C)C(=O)O. The Kier molecular flexibility index (Phi) is 4.26. The Hall–Kier alpha value is -2.37. The fourth-order valence-corrected chi connectivity index (χ4v) is 2.31. The van der Waals surface area contributed by atoms with Crippen LogP contribution in [0.15, 0.2) is 24.4 Å². The summed E-state index contributed by atoms with van der Waals surface area (Å²) in [5, 5.41) is 11.8. The molecule has 0 fully saturated rings. The molecule has 21 heavy (non-hydrogen) atoms. The fourth-order valence-electron chi connectivity index (χ4n) is 2.31. The van der Waals surface area contributed by atoms with E-state index in [0.29, 0.717) is 23.5 Å². The lowest BCUT2D eigenvalue weighted by Crippen LogP contribution is -2.42. The first-order chi connectivity index (χ1) is 9.90. The van der Waals surface area contributed by atoms with Crippen molar-refractivity contribution in [2.24, 2.45) is 5.92 Å². The van der Waals surface area contributed by atoms with Crippen LogP contribution in [0.4, 0.5) is 0 Å². The largest absolute Gasteiger partial charge is 0.480 e. The van der Waals surface area contributed by atoms with Crippen molar-refractivity contribution in [2.45, 2.75) is 33.2 Å². The molecule has 2 rings (SSSR count). The van der Waals surface area contributed by atoms with Crippen LogP contribution in [0.2, 0.25) is 0 Å². The van der Waals surface area contributed by atoms with Crippen LogP contribution < -0.4 is 5.32 Å². The monoisotopic (exact) mass is 289 g/mol. The highest BCUT2D eigenvalue weighted by atomic mass is 16.4. The zero-order valence-corrected chi connectivity index (χ0v) is 12.3. The summed E-state index contributed by atoms with van der Waals surface area (Å²) in [6, 6.07) is 4.54. The summed E-state index contributed by atoms with van der Waals surface area (Å²) in [6.07, 6.45) is 2.12. The van der Waals surface area contributed by atoms with Gasteiger partial charge in [0.15, 0.2) is 0 Å². The van der Waals surface area contributed by atoms with Gasteiger partial charge in [-0.05, 0) is 31.4 Å². The summed E-state index contributed by atoms with van der Waals surface area (Å²) >= 11 is 0. The van der Waals surface area contributed by atoms with Crippen molar-refractivity contribution < 1.29 is 14.7 Å². The Bertz CT molecular complexity index is 676. The second-order valence-corrected chi connectivity index (χ2v) is 5.47. The maximum absolute atomic E-state index is 12.4. The van der Waals surface area contributed by atoms with E-state index >= 15 is 0 Å². The minimum Gasteiger partial charge on any atom is -0.480 e. The van der Waals surface area contributed by atoms with Crippen molar-refractivity contribution in [3.8, 4) is 0 Å². The number of nitrogens with zero attached hydrogens (tertiary/aromatic N) is 2. The van der Waals surface area contributed by atoms with Gasteiger partial charge in [-0.1, -0.05) is 19.9 Å². The Labute approximate surface area is 122 Å². The van der Waals surface area contributed by atoms with Gasteiger partial charge >= 0.3 is 5.97 Å². The third-order valence-corrected chi connectivity index (χ3v) is 3.23. The van der Waals surface area contributed by atoms with Crippen LogP contribution in [-0.2, 0) is 4.79 Å². The van der Waals surface area contributed by atoms with Gasteiger partial charge in [-0.3, -0.25) is 9.20 Å². The molecule has 2 heterocycles. The number of aromatic nitrogens is 2. The van der Waals surface area contributed by atoms with E-state index in [1.54, 1.807) is 29.7 Å². The quantitative estimate of drug-likeness (QED) is 0.880. The molecule has 2 N–H and O–H groups in total. The number of pyridine rings is 1. The van der Waals surface area contributed by atoms with Gasteiger partial charge < -0.3 is 10.4 Å². The molecular formula is C15H19N3O3. The van der Waals surface area contributed by atoms with Crippen LogP contribution in [-0.4, -0.2) is 32.4 Å². The number of rotatable bonds is 5. The van der Waals surface area contributed by atoms with Gasteiger partial charge in [0.2, 0.25) is 0 Å². The average molecular weight is 289 g/mol. The molecule has 0 aliphatic rings. The topological polar surface area (TPSA) is 83.7 Å². The van der Waals surface area contributed by atoms with Crippen molar-refractivity contribution in [3.63, 3.8) is 0 Å². The molecule has 6 heteroatoms. The van der Waals surface area contributed by atoms with Crippen molar-refractivity contribution >= 4 is 17.5 Å². The standard InChI is InChI=1S/C15H19N3O3/c1-9(2)8-11(15(20)21)17-14(19)13-10(3)16-12-6-4-5-7-18(12)13/h4-7,9,11H,8H2,1-3H3,(H,17,19)(H,20,21). The first kappa shape index (κ1) is 15.0. The number of fused-ring (bicyclic) bond motifs is 1. The van der Waals surface area contributed by atoms with Gasteiger partial charge in [-0.15, -0.1) is 0 Å². The molecule has 0 aromatic carbocycles. The number of carboxylic acid groups (broad SMARTS) is 1. The van der Waals surface area contributed by atoms with E-state index in [2.05, 4.69) is 10.3 Å². The average Bonchev–Trinajstić information content (AvgIpc) is 2.73. The van der Waals surface area contributed by atoms with Gasteiger partial charge in [-0.2, -0.15) is 0 Å². The number of carbonyl (C=O) groups excluding carboxylic acids is 1. The van der Waals surface area contributed by atoms with Crippen LogP contribution >= 0.6 is 0 Å². The summed E-state index contributed by atoms with van der Waals surface area (Å²) in [6.45, 7) is 5.57. The van der Waals surface area contributed by atoms with Crippen molar-refractivity contribution in [3.05, 3.63) is 35.8 Å². The molecule has 1 unspecified atom stereocenters. The number of hydrogen-bond acceptors (Lipinski definition) is 3. The number of aliphatic carboxylic acids is 1. The van der Waals surface area contributed by atoms with Crippen molar-refractivity contribution in [2.75, 3.05) is 0 Å². The molecular weight excluding hydrogens is 270 g/mol. The molecule has 0 radical (unpaired) electrons. The maximum Gasteiger partial charge on any atom is 0.326 e. The second kappa shape index (κ2) is 5.95. The Morgan fingerprint density at radius 1 is 1.38 bits per heavy atom. The highest BCUT2D eigenvalue weighted by Crippen LogP contribution is 2.13.